The number of rotatable bonds is 8. The molecule has 2 nitrogen and oxygen atoms in total. The van der Waals surface area contributed by atoms with Crippen molar-refractivity contribution in [3.05, 3.63) is 16.6 Å². The average molecular weight is 324 g/mol. The number of nitrogens with zero attached hydrogens (tertiary/aromatic N) is 1. The summed E-state index contributed by atoms with van der Waals surface area (Å²) < 4.78 is 1.30. The van der Waals surface area contributed by atoms with Crippen LogP contribution in [0.2, 0.25) is 0 Å². The van der Waals surface area contributed by atoms with E-state index in [9.17, 15) is 0 Å². The van der Waals surface area contributed by atoms with Crippen LogP contribution in [0.4, 0.5) is 0 Å². The zero-order chi connectivity index (χ0) is 10.1. The van der Waals surface area contributed by atoms with Crippen LogP contribution >= 0.6 is 33.9 Å². The van der Waals surface area contributed by atoms with Gasteiger partial charge in [-0.2, -0.15) is 0 Å². The lowest BCUT2D eigenvalue weighted by atomic mass is 10.2. The van der Waals surface area contributed by atoms with Gasteiger partial charge >= 0.3 is 0 Å². The van der Waals surface area contributed by atoms with Crippen LogP contribution in [0.15, 0.2) is 11.6 Å². The fourth-order valence-corrected chi connectivity index (χ4v) is 2.36. The molecule has 80 valence electrons. The molecule has 0 aliphatic heterocycles. The Balaban J connectivity index is 1.85. The van der Waals surface area contributed by atoms with Crippen molar-refractivity contribution >= 4 is 33.9 Å². The Morgan fingerprint density at radius 3 is 2.86 bits per heavy atom. The first-order valence-electron chi connectivity index (χ1n) is 5.08. The van der Waals surface area contributed by atoms with E-state index in [1.54, 1.807) is 11.3 Å². The van der Waals surface area contributed by atoms with Gasteiger partial charge in [-0.1, -0.05) is 35.4 Å². The summed E-state index contributed by atoms with van der Waals surface area (Å²) in [6.45, 7) is 2.06. The molecule has 0 bridgehead atoms. The second-order valence-corrected chi connectivity index (χ2v) is 5.26. The van der Waals surface area contributed by atoms with Crippen LogP contribution in [0.25, 0.3) is 0 Å². The van der Waals surface area contributed by atoms with E-state index in [0.29, 0.717) is 0 Å². The van der Waals surface area contributed by atoms with Gasteiger partial charge in [0.05, 0.1) is 0 Å². The van der Waals surface area contributed by atoms with Crippen molar-refractivity contribution in [2.24, 2.45) is 0 Å². The molecule has 1 aromatic rings. The molecule has 0 spiro atoms. The van der Waals surface area contributed by atoms with E-state index < -0.39 is 0 Å². The van der Waals surface area contributed by atoms with E-state index in [2.05, 4.69) is 32.9 Å². The smallest absolute Gasteiger partial charge is 0.106 e. The monoisotopic (exact) mass is 324 g/mol. The number of unbranched alkanes of at least 4 members (excludes halogenated alkanes) is 3. The van der Waals surface area contributed by atoms with Crippen LogP contribution in [0.3, 0.4) is 0 Å². The highest BCUT2D eigenvalue weighted by atomic mass is 127. The molecule has 4 heteroatoms. The largest absolute Gasteiger partial charge is 0.310 e. The summed E-state index contributed by atoms with van der Waals surface area (Å²) in [6.07, 6.45) is 7.26. The van der Waals surface area contributed by atoms with E-state index >= 15 is 0 Å². The lowest BCUT2D eigenvalue weighted by Gasteiger charge is -2.01. The minimum absolute atomic E-state index is 0.934. The maximum atomic E-state index is 4.22. The number of aromatic nitrogens is 1. The van der Waals surface area contributed by atoms with Crippen LogP contribution in [0.1, 0.15) is 30.7 Å². The SMILES string of the molecule is ICCCCCCNCc1nccs1. The zero-order valence-corrected chi connectivity index (χ0v) is 11.3. The van der Waals surface area contributed by atoms with Gasteiger partial charge in [-0.25, -0.2) is 4.98 Å². The molecule has 1 N–H and O–H groups in total. The Morgan fingerprint density at radius 1 is 1.29 bits per heavy atom. The average Bonchev–Trinajstić information content (AvgIpc) is 2.69. The highest BCUT2D eigenvalue weighted by Crippen LogP contribution is 2.04. The van der Waals surface area contributed by atoms with E-state index in [1.165, 1.54) is 35.1 Å². The third kappa shape index (κ3) is 5.93. The van der Waals surface area contributed by atoms with Crippen molar-refractivity contribution < 1.29 is 0 Å². The first-order chi connectivity index (χ1) is 6.93. The third-order valence-electron chi connectivity index (χ3n) is 2.00. The van der Waals surface area contributed by atoms with Crippen molar-refractivity contribution in [1.29, 1.82) is 0 Å². The fraction of sp³-hybridized carbons (Fsp3) is 0.700. The molecule has 0 aliphatic carbocycles. The van der Waals surface area contributed by atoms with Gasteiger partial charge in [0.1, 0.15) is 5.01 Å². The number of halogens is 1. The van der Waals surface area contributed by atoms with E-state index in [0.717, 1.165) is 13.1 Å². The molecule has 0 aromatic carbocycles. The minimum atomic E-state index is 0.934. The Bertz CT molecular complexity index is 214. The summed E-state index contributed by atoms with van der Waals surface area (Å²) in [5.41, 5.74) is 0. The standard InChI is InChI=1S/C10H17IN2S/c11-5-3-1-2-4-6-12-9-10-13-7-8-14-10/h7-8,12H,1-6,9H2. The molecular weight excluding hydrogens is 307 g/mol. The Hall–Kier alpha value is 0.320. The summed E-state index contributed by atoms with van der Waals surface area (Å²) in [5.74, 6) is 0. The van der Waals surface area contributed by atoms with Gasteiger partial charge in [-0.15, -0.1) is 11.3 Å². The van der Waals surface area contributed by atoms with Crippen molar-refractivity contribution in [3.63, 3.8) is 0 Å². The molecule has 0 aliphatic rings. The van der Waals surface area contributed by atoms with E-state index in [4.69, 9.17) is 0 Å². The molecule has 1 rings (SSSR count). The van der Waals surface area contributed by atoms with Gasteiger partial charge in [-0.3, -0.25) is 0 Å². The highest BCUT2D eigenvalue weighted by Gasteiger charge is 1.93. The topological polar surface area (TPSA) is 24.9 Å². The van der Waals surface area contributed by atoms with Gasteiger partial charge < -0.3 is 5.32 Å². The number of nitrogens with one attached hydrogen (secondary N) is 1. The van der Waals surface area contributed by atoms with Crippen LogP contribution < -0.4 is 5.32 Å². The van der Waals surface area contributed by atoms with Gasteiger partial charge in [0.2, 0.25) is 0 Å². The maximum absolute atomic E-state index is 4.22. The molecule has 1 heterocycles. The van der Waals surface area contributed by atoms with Crippen LogP contribution in [-0.2, 0) is 6.54 Å². The van der Waals surface area contributed by atoms with E-state index in [1.807, 2.05) is 11.6 Å². The molecule has 0 atom stereocenters. The summed E-state index contributed by atoms with van der Waals surface area (Å²) in [6, 6.07) is 0. The number of hydrogen-bond acceptors (Lipinski definition) is 3. The molecule has 0 saturated heterocycles. The van der Waals surface area contributed by atoms with Crippen molar-refractivity contribution in [3.8, 4) is 0 Å². The van der Waals surface area contributed by atoms with Gasteiger partial charge in [0.25, 0.3) is 0 Å². The Kier molecular flexibility index (Phi) is 7.62. The van der Waals surface area contributed by atoms with Crippen LogP contribution in [0.5, 0.6) is 0 Å². The third-order valence-corrected chi connectivity index (χ3v) is 3.54. The second-order valence-electron chi connectivity index (χ2n) is 3.21. The van der Waals surface area contributed by atoms with E-state index in [-0.39, 0.29) is 0 Å². The number of thiazole rings is 1. The predicted molar refractivity (Wildman–Crippen MR) is 71.2 cm³/mol. The van der Waals surface area contributed by atoms with Crippen LogP contribution in [0, 0.1) is 0 Å². The zero-order valence-electron chi connectivity index (χ0n) is 8.34. The van der Waals surface area contributed by atoms with Gasteiger partial charge in [-0.05, 0) is 23.8 Å². The lowest BCUT2D eigenvalue weighted by Crippen LogP contribution is -2.14. The van der Waals surface area contributed by atoms with Crippen molar-refractivity contribution in [2.75, 3.05) is 11.0 Å². The van der Waals surface area contributed by atoms with Crippen molar-refractivity contribution in [1.82, 2.24) is 10.3 Å². The first-order valence-corrected chi connectivity index (χ1v) is 7.49. The molecule has 14 heavy (non-hydrogen) atoms. The van der Waals surface area contributed by atoms with Gasteiger partial charge in [0, 0.05) is 18.1 Å². The van der Waals surface area contributed by atoms with Crippen molar-refractivity contribution in [2.45, 2.75) is 32.2 Å². The molecule has 0 radical (unpaired) electrons. The maximum Gasteiger partial charge on any atom is 0.106 e. The number of hydrogen-bond donors (Lipinski definition) is 1. The molecular formula is C10H17IN2S. The molecule has 0 saturated carbocycles. The summed E-state index contributed by atoms with van der Waals surface area (Å²) in [5, 5.41) is 6.63. The number of alkyl halides is 1. The Labute approximate surface area is 104 Å². The Morgan fingerprint density at radius 2 is 2.14 bits per heavy atom. The molecule has 0 amide bonds. The first kappa shape index (κ1) is 12.4. The normalized spacial score (nSPS) is 10.6. The summed E-state index contributed by atoms with van der Waals surface area (Å²) >= 11 is 4.16. The molecule has 1 aromatic heterocycles. The lowest BCUT2D eigenvalue weighted by molar-refractivity contribution is 0.599. The molecule has 0 fully saturated rings. The highest BCUT2D eigenvalue weighted by molar-refractivity contribution is 14.1. The minimum Gasteiger partial charge on any atom is -0.310 e. The second kappa shape index (κ2) is 8.61. The predicted octanol–water partition coefficient (Wildman–Crippen LogP) is 3.23. The van der Waals surface area contributed by atoms with Gasteiger partial charge in [0.15, 0.2) is 0 Å². The van der Waals surface area contributed by atoms with Crippen LogP contribution in [-0.4, -0.2) is 16.0 Å². The summed E-state index contributed by atoms with van der Waals surface area (Å²) in [4.78, 5) is 4.22. The molecule has 0 unspecified atom stereocenters. The summed E-state index contributed by atoms with van der Waals surface area (Å²) in [7, 11) is 0. The quantitative estimate of drug-likeness (QED) is 0.451. The fourth-order valence-electron chi connectivity index (χ4n) is 1.23.